The first-order valence-corrected chi connectivity index (χ1v) is 5.08. The Bertz CT molecular complexity index is 658. The van der Waals surface area contributed by atoms with Crippen molar-refractivity contribution < 1.29 is 19.1 Å². The predicted octanol–water partition coefficient (Wildman–Crippen LogP) is 2.16. The van der Waals surface area contributed by atoms with Crippen molar-refractivity contribution in [1.29, 1.82) is 0 Å². The molecule has 1 heterocycles. The fraction of sp³-hybridized carbons (Fsp3) is 0.0769. The normalized spacial score (nSPS) is 13.7. The molecule has 0 fully saturated rings. The highest BCUT2D eigenvalue weighted by molar-refractivity contribution is 6.19. The molecule has 0 N–H and O–H groups in total. The van der Waals surface area contributed by atoms with Crippen molar-refractivity contribution in [3.8, 4) is 5.75 Å². The average molecular weight is 228 g/mol. The second-order valence-corrected chi connectivity index (χ2v) is 3.73. The summed E-state index contributed by atoms with van der Waals surface area (Å²) >= 11 is 0. The molecule has 4 heteroatoms. The molecule has 0 aliphatic carbocycles. The molecule has 2 aromatic rings. The van der Waals surface area contributed by atoms with Gasteiger partial charge in [-0.2, -0.15) is 0 Å². The third-order valence-corrected chi connectivity index (χ3v) is 2.82. The van der Waals surface area contributed by atoms with Crippen molar-refractivity contribution in [2.24, 2.45) is 0 Å². The molecule has 0 spiro atoms. The first kappa shape index (κ1) is 9.84. The molecule has 3 rings (SSSR count). The summed E-state index contributed by atoms with van der Waals surface area (Å²) in [6.07, 6.45) is 0. The lowest BCUT2D eigenvalue weighted by atomic mass is 10.0. The van der Waals surface area contributed by atoms with Crippen molar-refractivity contribution >= 4 is 22.7 Å². The SMILES string of the molecule is COc1c2c(cc3ccccc13)C(=O)OC2=O. The van der Waals surface area contributed by atoms with E-state index in [2.05, 4.69) is 4.74 Å². The van der Waals surface area contributed by atoms with Gasteiger partial charge in [0.1, 0.15) is 11.3 Å². The van der Waals surface area contributed by atoms with Crippen LogP contribution in [0.3, 0.4) is 0 Å². The zero-order valence-electron chi connectivity index (χ0n) is 9.02. The number of carbonyl (C=O) groups excluding carboxylic acids is 2. The number of hydrogen-bond acceptors (Lipinski definition) is 4. The third kappa shape index (κ3) is 1.24. The van der Waals surface area contributed by atoms with E-state index in [4.69, 9.17) is 4.74 Å². The molecule has 0 saturated heterocycles. The topological polar surface area (TPSA) is 52.6 Å². The van der Waals surface area contributed by atoms with Crippen LogP contribution >= 0.6 is 0 Å². The zero-order valence-corrected chi connectivity index (χ0v) is 9.02. The monoisotopic (exact) mass is 228 g/mol. The molecule has 17 heavy (non-hydrogen) atoms. The summed E-state index contributed by atoms with van der Waals surface area (Å²) in [6, 6.07) is 9.05. The van der Waals surface area contributed by atoms with Crippen molar-refractivity contribution in [2.75, 3.05) is 7.11 Å². The molecule has 0 radical (unpaired) electrons. The molecule has 84 valence electrons. The van der Waals surface area contributed by atoms with E-state index in [1.54, 1.807) is 6.07 Å². The van der Waals surface area contributed by atoms with Gasteiger partial charge in [0.15, 0.2) is 0 Å². The molecular weight excluding hydrogens is 220 g/mol. The molecule has 0 bridgehead atoms. The maximum atomic E-state index is 11.6. The third-order valence-electron chi connectivity index (χ3n) is 2.82. The highest BCUT2D eigenvalue weighted by Crippen LogP contribution is 2.36. The summed E-state index contributed by atoms with van der Waals surface area (Å²) in [6.45, 7) is 0. The molecule has 2 aromatic carbocycles. The van der Waals surface area contributed by atoms with Gasteiger partial charge in [-0.15, -0.1) is 0 Å². The molecule has 4 nitrogen and oxygen atoms in total. The van der Waals surface area contributed by atoms with E-state index in [0.29, 0.717) is 5.75 Å². The van der Waals surface area contributed by atoms with Gasteiger partial charge in [-0.25, -0.2) is 9.59 Å². The Kier molecular flexibility index (Phi) is 1.92. The van der Waals surface area contributed by atoms with Crippen LogP contribution in [0.15, 0.2) is 30.3 Å². The van der Waals surface area contributed by atoms with Crippen LogP contribution in [-0.4, -0.2) is 19.0 Å². The lowest BCUT2D eigenvalue weighted by molar-refractivity contribution is 0.0443. The maximum absolute atomic E-state index is 11.6. The van der Waals surface area contributed by atoms with Gasteiger partial charge in [-0.05, 0) is 11.5 Å². The molecule has 0 amide bonds. The minimum absolute atomic E-state index is 0.219. The number of rotatable bonds is 1. The summed E-state index contributed by atoms with van der Waals surface area (Å²) in [5.41, 5.74) is 0.488. The summed E-state index contributed by atoms with van der Waals surface area (Å²) in [4.78, 5) is 23.1. The fourth-order valence-electron chi connectivity index (χ4n) is 2.08. The number of esters is 2. The Morgan fingerprint density at radius 2 is 1.88 bits per heavy atom. The van der Waals surface area contributed by atoms with Crippen LogP contribution in [0, 0.1) is 0 Å². The molecule has 0 aromatic heterocycles. The van der Waals surface area contributed by atoms with Gasteiger partial charge < -0.3 is 9.47 Å². The molecule has 1 aliphatic heterocycles. The van der Waals surface area contributed by atoms with Crippen LogP contribution in [0.25, 0.3) is 10.8 Å². The number of methoxy groups -OCH3 is 1. The molecule has 0 saturated carbocycles. The van der Waals surface area contributed by atoms with Crippen molar-refractivity contribution in [1.82, 2.24) is 0 Å². The van der Waals surface area contributed by atoms with E-state index >= 15 is 0 Å². The molecular formula is C13H8O4. The predicted molar refractivity (Wildman–Crippen MR) is 60.2 cm³/mol. The van der Waals surface area contributed by atoms with Crippen LogP contribution in [0.1, 0.15) is 20.7 Å². The smallest absolute Gasteiger partial charge is 0.350 e. The second kappa shape index (κ2) is 3.31. The second-order valence-electron chi connectivity index (χ2n) is 3.73. The lowest BCUT2D eigenvalue weighted by Crippen LogP contribution is -1.99. The number of carbonyl (C=O) groups is 2. The van der Waals surface area contributed by atoms with Gasteiger partial charge in [0.25, 0.3) is 0 Å². The number of benzene rings is 2. The summed E-state index contributed by atoms with van der Waals surface area (Å²) in [5, 5.41) is 1.63. The van der Waals surface area contributed by atoms with Gasteiger partial charge in [0.05, 0.1) is 12.7 Å². The van der Waals surface area contributed by atoms with Gasteiger partial charge in [-0.1, -0.05) is 24.3 Å². The number of hydrogen-bond donors (Lipinski definition) is 0. The molecule has 0 unspecified atom stereocenters. The Hall–Kier alpha value is -2.36. The number of cyclic esters (lactones) is 2. The summed E-state index contributed by atoms with van der Waals surface area (Å²) in [7, 11) is 1.47. The van der Waals surface area contributed by atoms with Gasteiger partial charge >= 0.3 is 11.9 Å². The van der Waals surface area contributed by atoms with Crippen LogP contribution < -0.4 is 4.74 Å². The minimum Gasteiger partial charge on any atom is -0.495 e. The van der Waals surface area contributed by atoms with Crippen molar-refractivity contribution in [3.63, 3.8) is 0 Å². The molecule has 0 atom stereocenters. The summed E-state index contributed by atoms with van der Waals surface area (Å²) < 4.78 is 9.82. The Balaban J connectivity index is 2.48. The van der Waals surface area contributed by atoms with Crippen LogP contribution in [0.2, 0.25) is 0 Å². The summed E-state index contributed by atoms with van der Waals surface area (Å²) in [5.74, 6) is -0.865. The highest BCUT2D eigenvalue weighted by atomic mass is 16.6. The maximum Gasteiger partial charge on any atom is 0.350 e. The van der Waals surface area contributed by atoms with Gasteiger partial charge in [0.2, 0.25) is 0 Å². The quantitative estimate of drug-likeness (QED) is 0.554. The van der Waals surface area contributed by atoms with Crippen LogP contribution in [-0.2, 0) is 4.74 Å². The number of ether oxygens (including phenoxy) is 2. The van der Waals surface area contributed by atoms with E-state index in [1.165, 1.54) is 7.11 Å². The van der Waals surface area contributed by atoms with Gasteiger partial charge in [-0.3, -0.25) is 0 Å². The zero-order chi connectivity index (χ0) is 12.0. The Morgan fingerprint density at radius 3 is 2.65 bits per heavy atom. The van der Waals surface area contributed by atoms with E-state index in [1.807, 2.05) is 24.3 Å². The first-order chi connectivity index (χ1) is 8.22. The average Bonchev–Trinajstić information content (AvgIpc) is 2.62. The van der Waals surface area contributed by atoms with Crippen molar-refractivity contribution in [3.05, 3.63) is 41.5 Å². The standard InChI is InChI=1S/C13H8O4/c1-16-11-8-5-3-2-4-7(8)6-9-10(11)13(15)17-12(9)14/h2-6H,1H3. The molecule has 1 aliphatic rings. The lowest BCUT2D eigenvalue weighted by Gasteiger charge is -2.07. The largest absolute Gasteiger partial charge is 0.495 e. The fourth-order valence-corrected chi connectivity index (χ4v) is 2.08. The van der Waals surface area contributed by atoms with E-state index in [9.17, 15) is 9.59 Å². The highest BCUT2D eigenvalue weighted by Gasteiger charge is 2.34. The Labute approximate surface area is 96.8 Å². The van der Waals surface area contributed by atoms with E-state index in [0.717, 1.165) is 10.8 Å². The van der Waals surface area contributed by atoms with Crippen LogP contribution in [0.5, 0.6) is 5.75 Å². The van der Waals surface area contributed by atoms with Gasteiger partial charge in [0, 0.05) is 5.39 Å². The number of fused-ring (bicyclic) bond motifs is 2. The first-order valence-electron chi connectivity index (χ1n) is 5.08. The van der Waals surface area contributed by atoms with Crippen LogP contribution in [0.4, 0.5) is 0 Å². The van der Waals surface area contributed by atoms with Crippen molar-refractivity contribution in [2.45, 2.75) is 0 Å². The Morgan fingerprint density at radius 1 is 1.12 bits per heavy atom. The van der Waals surface area contributed by atoms with E-state index < -0.39 is 11.9 Å². The minimum atomic E-state index is -0.646. The van der Waals surface area contributed by atoms with E-state index in [-0.39, 0.29) is 11.1 Å².